The lowest BCUT2D eigenvalue weighted by atomic mass is 10.2. The second-order valence-electron chi connectivity index (χ2n) is 2.91. The van der Waals surface area contributed by atoms with Gasteiger partial charge in [-0.3, -0.25) is 0 Å². The van der Waals surface area contributed by atoms with Crippen LogP contribution in [-0.2, 0) is 0 Å². The van der Waals surface area contributed by atoms with Crippen molar-refractivity contribution in [3.05, 3.63) is 35.9 Å². The quantitative estimate of drug-likeness (QED) is 0.754. The fourth-order valence-corrected chi connectivity index (χ4v) is 1.26. The molecule has 0 spiro atoms. The third-order valence-corrected chi connectivity index (χ3v) is 1.99. The molecule has 4 heteroatoms. The van der Waals surface area contributed by atoms with Crippen LogP contribution in [0.15, 0.2) is 24.3 Å². The van der Waals surface area contributed by atoms with Gasteiger partial charge in [-0.15, -0.1) is 0 Å². The van der Waals surface area contributed by atoms with E-state index < -0.39 is 11.6 Å². The van der Waals surface area contributed by atoms with Gasteiger partial charge in [-0.1, -0.05) is 0 Å². The van der Waals surface area contributed by atoms with Crippen molar-refractivity contribution in [2.75, 3.05) is 12.4 Å². The molecule has 0 radical (unpaired) electrons. The molecule has 2 rings (SSSR count). The lowest BCUT2D eigenvalue weighted by Gasteiger charge is -2.02. The van der Waals surface area contributed by atoms with Gasteiger partial charge < -0.3 is 5.32 Å². The zero-order valence-electron chi connectivity index (χ0n) is 7.51. The summed E-state index contributed by atoms with van der Waals surface area (Å²) in [6.07, 6.45) is 0. The maximum Gasteiger partial charge on any atom is 0.161 e. The monoisotopic (exact) mass is 194 g/mol. The average Bonchev–Trinajstić information content (AvgIpc) is 2.19. The summed E-state index contributed by atoms with van der Waals surface area (Å²) in [4.78, 5) is 4.08. The van der Waals surface area contributed by atoms with Gasteiger partial charge in [-0.2, -0.15) is 0 Å². The molecule has 0 aliphatic heterocycles. The largest absolute Gasteiger partial charge is 0.373 e. The summed E-state index contributed by atoms with van der Waals surface area (Å²) in [6, 6.07) is 5.62. The summed E-state index contributed by atoms with van der Waals surface area (Å²) in [7, 11) is 1.72. The van der Waals surface area contributed by atoms with Gasteiger partial charge in [0.05, 0.1) is 5.52 Å². The van der Waals surface area contributed by atoms with Crippen molar-refractivity contribution in [2.24, 2.45) is 0 Å². The SMILES string of the molecule is CNc1ccc2cc(F)c(F)cc2n1. The number of hydrogen-bond acceptors (Lipinski definition) is 2. The van der Waals surface area contributed by atoms with Crippen LogP contribution in [0.4, 0.5) is 14.6 Å². The minimum Gasteiger partial charge on any atom is -0.373 e. The Morgan fingerprint density at radius 2 is 1.86 bits per heavy atom. The molecule has 1 aromatic carbocycles. The minimum absolute atomic E-state index is 0.441. The van der Waals surface area contributed by atoms with Gasteiger partial charge in [-0.25, -0.2) is 13.8 Å². The van der Waals surface area contributed by atoms with Gasteiger partial charge in [0.15, 0.2) is 11.6 Å². The summed E-state index contributed by atoms with van der Waals surface area (Å²) >= 11 is 0. The summed E-state index contributed by atoms with van der Waals surface area (Å²) in [5.41, 5.74) is 0.441. The second-order valence-corrected chi connectivity index (χ2v) is 2.91. The van der Waals surface area contributed by atoms with Crippen molar-refractivity contribution >= 4 is 16.7 Å². The third kappa shape index (κ3) is 1.39. The molecule has 0 saturated carbocycles. The van der Waals surface area contributed by atoms with Gasteiger partial charge in [0.1, 0.15) is 5.82 Å². The highest BCUT2D eigenvalue weighted by Crippen LogP contribution is 2.18. The molecule has 1 aromatic heterocycles. The molecule has 72 valence electrons. The van der Waals surface area contributed by atoms with E-state index in [-0.39, 0.29) is 0 Å². The van der Waals surface area contributed by atoms with Crippen molar-refractivity contribution < 1.29 is 8.78 Å². The molecule has 0 fully saturated rings. The number of aromatic nitrogens is 1. The number of nitrogens with one attached hydrogen (secondary N) is 1. The average molecular weight is 194 g/mol. The van der Waals surface area contributed by atoms with E-state index >= 15 is 0 Å². The normalized spacial score (nSPS) is 10.5. The topological polar surface area (TPSA) is 24.9 Å². The molecule has 0 bridgehead atoms. The molecule has 14 heavy (non-hydrogen) atoms. The van der Waals surface area contributed by atoms with Crippen molar-refractivity contribution in [3.8, 4) is 0 Å². The Labute approximate surface area is 79.6 Å². The van der Waals surface area contributed by atoms with E-state index in [1.807, 2.05) is 0 Å². The zero-order chi connectivity index (χ0) is 10.1. The highest BCUT2D eigenvalue weighted by atomic mass is 19.2. The Bertz CT molecular complexity index is 483. The lowest BCUT2D eigenvalue weighted by Crippen LogP contribution is -1.93. The first-order valence-corrected chi connectivity index (χ1v) is 4.14. The maximum atomic E-state index is 12.8. The van der Waals surface area contributed by atoms with Crippen molar-refractivity contribution in [1.82, 2.24) is 4.98 Å². The van der Waals surface area contributed by atoms with E-state index in [2.05, 4.69) is 10.3 Å². The molecule has 0 amide bonds. The predicted molar refractivity (Wildman–Crippen MR) is 51.2 cm³/mol. The van der Waals surface area contributed by atoms with Gasteiger partial charge >= 0.3 is 0 Å². The van der Waals surface area contributed by atoms with Crippen LogP contribution < -0.4 is 5.32 Å². The number of hydrogen-bond donors (Lipinski definition) is 1. The third-order valence-electron chi connectivity index (χ3n) is 1.99. The van der Waals surface area contributed by atoms with E-state index in [4.69, 9.17) is 0 Å². The second kappa shape index (κ2) is 3.21. The first kappa shape index (κ1) is 8.87. The predicted octanol–water partition coefficient (Wildman–Crippen LogP) is 2.55. The highest BCUT2D eigenvalue weighted by Gasteiger charge is 2.04. The number of halogens is 2. The fourth-order valence-electron chi connectivity index (χ4n) is 1.26. The lowest BCUT2D eigenvalue weighted by molar-refractivity contribution is 0.510. The van der Waals surface area contributed by atoms with Gasteiger partial charge in [0.25, 0.3) is 0 Å². The Morgan fingerprint density at radius 3 is 2.57 bits per heavy atom. The fraction of sp³-hybridized carbons (Fsp3) is 0.100. The summed E-state index contributed by atoms with van der Waals surface area (Å²) < 4.78 is 25.7. The number of rotatable bonds is 1. The Kier molecular flexibility index (Phi) is 2.04. The molecular weight excluding hydrogens is 186 g/mol. The van der Waals surface area contributed by atoms with E-state index in [0.717, 1.165) is 12.1 Å². The van der Waals surface area contributed by atoms with Crippen molar-refractivity contribution in [3.63, 3.8) is 0 Å². The van der Waals surface area contributed by atoms with E-state index in [1.54, 1.807) is 19.2 Å². The minimum atomic E-state index is -0.877. The standard InChI is InChI=1S/C10H8F2N2/c1-13-10-3-2-6-4-7(11)8(12)5-9(6)14-10/h2-5H,1H3,(H,13,14). The Hall–Kier alpha value is -1.71. The van der Waals surface area contributed by atoms with Gasteiger partial charge in [0, 0.05) is 18.5 Å². The Balaban J connectivity index is 2.70. The number of benzene rings is 1. The molecule has 0 unspecified atom stereocenters. The first-order valence-electron chi connectivity index (χ1n) is 4.14. The van der Waals surface area contributed by atoms with Crippen LogP contribution in [0.25, 0.3) is 10.9 Å². The molecular formula is C10H8F2N2. The van der Waals surface area contributed by atoms with Gasteiger partial charge in [-0.05, 0) is 18.2 Å². The molecule has 2 nitrogen and oxygen atoms in total. The first-order chi connectivity index (χ1) is 6.70. The number of nitrogens with zero attached hydrogens (tertiary/aromatic N) is 1. The van der Waals surface area contributed by atoms with Crippen LogP contribution in [0.5, 0.6) is 0 Å². The van der Waals surface area contributed by atoms with Crippen LogP contribution in [0, 0.1) is 11.6 Å². The van der Waals surface area contributed by atoms with Crippen LogP contribution in [-0.4, -0.2) is 12.0 Å². The van der Waals surface area contributed by atoms with Gasteiger partial charge in [0.2, 0.25) is 0 Å². The summed E-state index contributed by atoms with van der Waals surface area (Å²) in [5, 5.41) is 3.41. The molecule has 0 aliphatic rings. The van der Waals surface area contributed by atoms with E-state index in [0.29, 0.717) is 16.7 Å². The van der Waals surface area contributed by atoms with Crippen LogP contribution >= 0.6 is 0 Å². The molecule has 2 aromatic rings. The van der Waals surface area contributed by atoms with Crippen LogP contribution in [0.3, 0.4) is 0 Å². The molecule has 0 aliphatic carbocycles. The Morgan fingerprint density at radius 1 is 1.14 bits per heavy atom. The molecule has 1 N–H and O–H groups in total. The molecule has 0 atom stereocenters. The van der Waals surface area contributed by atoms with Crippen LogP contribution in [0.2, 0.25) is 0 Å². The van der Waals surface area contributed by atoms with Crippen LogP contribution in [0.1, 0.15) is 0 Å². The number of anilines is 1. The number of pyridine rings is 1. The summed E-state index contributed by atoms with van der Waals surface area (Å²) in [5.74, 6) is -1.10. The smallest absolute Gasteiger partial charge is 0.161 e. The number of fused-ring (bicyclic) bond motifs is 1. The van der Waals surface area contributed by atoms with E-state index in [1.165, 1.54) is 0 Å². The molecule has 0 saturated heterocycles. The van der Waals surface area contributed by atoms with Crippen molar-refractivity contribution in [1.29, 1.82) is 0 Å². The maximum absolute atomic E-state index is 12.8. The summed E-state index contributed by atoms with van der Waals surface area (Å²) in [6.45, 7) is 0. The van der Waals surface area contributed by atoms with E-state index in [9.17, 15) is 8.78 Å². The molecule has 1 heterocycles. The van der Waals surface area contributed by atoms with Crippen molar-refractivity contribution in [2.45, 2.75) is 0 Å². The highest BCUT2D eigenvalue weighted by molar-refractivity contribution is 5.80. The zero-order valence-corrected chi connectivity index (χ0v) is 7.51.